The predicted molar refractivity (Wildman–Crippen MR) is 84.9 cm³/mol. The molecule has 0 aliphatic heterocycles. The first-order chi connectivity index (χ1) is 10.5. The zero-order chi connectivity index (χ0) is 16.4. The molecule has 0 fully saturated rings. The SMILES string of the molecule is COCCNC(=O)NC(=O)CSc1ccc(NC(C)=O)cc1. The van der Waals surface area contributed by atoms with Crippen molar-refractivity contribution in [1.29, 1.82) is 0 Å². The standard InChI is InChI=1S/C14H19N3O4S/c1-10(18)16-11-3-5-12(6-4-11)22-9-13(19)17-14(20)15-7-8-21-2/h3-6H,7-9H2,1-2H3,(H,16,18)(H2,15,17,19,20). The van der Waals surface area contributed by atoms with Gasteiger partial charge in [-0.05, 0) is 24.3 Å². The maximum atomic E-state index is 11.6. The van der Waals surface area contributed by atoms with Crippen LogP contribution < -0.4 is 16.0 Å². The molecule has 0 saturated heterocycles. The predicted octanol–water partition coefficient (Wildman–Crippen LogP) is 1.21. The molecule has 0 atom stereocenters. The summed E-state index contributed by atoms with van der Waals surface area (Å²) >= 11 is 1.30. The van der Waals surface area contributed by atoms with Crippen LogP contribution >= 0.6 is 11.8 Å². The Morgan fingerprint density at radius 3 is 2.45 bits per heavy atom. The van der Waals surface area contributed by atoms with Crippen molar-refractivity contribution >= 4 is 35.3 Å². The molecule has 8 heteroatoms. The number of amides is 4. The molecule has 0 aliphatic carbocycles. The second-order valence-corrected chi connectivity index (χ2v) is 5.34. The van der Waals surface area contributed by atoms with E-state index >= 15 is 0 Å². The Labute approximate surface area is 133 Å². The summed E-state index contributed by atoms with van der Waals surface area (Å²) in [5.41, 5.74) is 0.693. The van der Waals surface area contributed by atoms with E-state index in [1.54, 1.807) is 24.3 Å². The minimum atomic E-state index is -0.538. The Balaban J connectivity index is 2.31. The van der Waals surface area contributed by atoms with E-state index in [0.717, 1.165) is 4.90 Å². The third kappa shape index (κ3) is 7.65. The number of carbonyl (C=O) groups excluding carboxylic acids is 3. The van der Waals surface area contributed by atoms with Crippen LogP contribution in [0.15, 0.2) is 29.2 Å². The smallest absolute Gasteiger partial charge is 0.321 e. The summed E-state index contributed by atoms with van der Waals surface area (Å²) < 4.78 is 4.78. The van der Waals surface area contributed by atoms with Gasteiger partial charge in [-0.2, -0.15) is 0 Å². The number of rotatable bonds is 7. The number of thioether (sulfide) groups is 1. The highest BCUT2D eigenvalue weighted by atomic mass is 32.2. The molecule has 0 aromatic heterocycles. The largest absolute Gasteiger partial charge is 0.383 e. The van der Waals surface area contributed by atoms with Gasteiger partial charge in [-0.15, -0.1) is 11.8 Å². The lowest BCUT2D eigenvalue weighted by Gasteiger charge is -2.07. The number of imide groups is 1. The van der Waals surface area contributed by atoms with Crippen molar-refractivity contribution in [3.8, 4) is 0 Å². The van der Waals surface area contributed by atoms with Crippen LogP contribution in [0.2, 0.25) is 0 Å². The van der Waals surface area contributed by atoms with Crippen LogP contribution in [0.1, 0.15) is 6.92 Å². The van der Waals surface area contributed by atoms with E-state index in [-0.39, 0.29) is 17.6 Å². The van der Waals surface area contributed by atoms with Gasteiger partial charge < -0.3 is 15.4 Å². The highest BCUT2D eigenvalue weighted by molar-refractivity contribution is 8.00. The highest BCUT2D eigenvalue weighted by Crippen LogP contribution is 2.20. The van der Waals surface area contributed by atoms with E-state index in [4.69, 9.17) is 4.74 Å². The molecule has 0 spiro atoms. The Morgan fingerprint density at radius 2 is 1.86 bits per heavy atom. The van der Waals surface area contributed by atoms with Crippen molar-refractivity contribution in [1.82, 2.24) is 10.6 Å². The van der Waals surface area contributed by atoms with Crippen molar-refractivity contribution in [2.45, 2.75) is 11.8 Å². The fourth-order valence-corrected chi connectivity index (χ4v) is 2.16. The third-order valence-corrected chi connectivity index (χ3v) is 3.40. The molecule has 3 N–H and O–H groups in total. The summed E-state index contributed by atoms with van der Waals surface area (Å²) in [6, 6.07) is 6.55. The molecule has 1 aromatic carbocycles. The summed E-state index contributed by atoms with van der Waals surface area (Å²) in [5.74, 6) is -0.401. The number of methoxy groups -OCH3 is 1. The van der Waals surface area contributed by atoms with Gasteiger partial charge in [0.15, 0.2) is 0 Å². The van der Waals surface area contributed by atoms with Crippen molar-refractivity contribution in [3.05, 3.63) is 24.3 Å². The first kappa shape index (κ1) is 18.0. The van der Waals surface area contributed by atoms with Gasteiger partial charge in [0, 0.05) is 31.2 Å². The van der Waals surface area contributed by atoms with Crippen molar-refractivity contribution in [3.63, 3.8) is 0 Å². The second kappa shape index (κ2) is 9.80. The minimum Gasteiger partial charge on any atom is -0.383 e. The second-order valence-electron chi connectivity index (χ2n) is 4.29. The summed E-state index contributed by atoms with van der Waals surface area (Å²) in [5, 5.41) is 7.37. The summed E-state index contributed by atoms with van der Waals surface area (Å²) in [6.07, 6.45) is 0. The number of hydrogen-bond acceptors (Lipinski definition) is 5. The lowest BCUT2D eigenvalue weighted by molar-refractivity contribution is -0.117. The van der Waals surface area contributed by atoms with Gasteiger partial charge in [0.05, 0.1) is 12.4 Å². The van der Waals surface area contributed by atoms with Crippen molar-refractivity contribution in [2.24, 2.45) is 0 Å². The number of ether oxygens (including phenoxy) is 1. The summed E-state index contributed by atoms with van der Waals surface area (Å²) in [4.78, 5) is 34.7. The lowest BCUT2D eigenvalue weighted by Crippen LogP contribution is -2.41. The molecule has 0 saturated carbocycles. The van der Waals surface area contributed by atoms with Crippen LogP contribution in [0.25, 0.3) is 0 Å². The van der Waals surface area contributed by atoms with Gasteiger partial charge in [-0.25, -0.2) is 4.79 Å². The third-order valence-electron chi connectivity index (χ3n) is 2.39. The van der Waals surface area contributed by atoms with Crippen LogP contribution in [0.3, 0.4) is 0 Å². The van der Waals surface area contributed by atoms with Gasteiger partial charge in [0.2, 0.25) is 11.8 Å². The number of carbonyl (C=O) groups is 3. The molecular formula is C14H19N3O4S. The first-order valence-corrected chi connectivity index (χ1v) is 7.57. The Morgan fingerprint density at radius 1 is 1.18 bits per heavy atom. The topological polar surface area (TPSA) is 96.5 Å². The molecule has 22 heavy (non-hydrogen) atoms. The Kier molecular flexibility index (Phi) is 8.01. The quantitative estimate of drug-likeness (QED) is 0.517. The van der Waals surface area contributed by atoms with Gasteiger partial charge in [-0.3, -0.25) is 14.9 Å². The summed E-state index contributed by atoms with van der Waals surface area (Å²) in [6.45, 7) is 2.16. The molecule has 0 heterocycles. The van der Waals surface area contributed by atoms with Gasteiger partial charge in [-0.1, -0.05) is 0 Å². The molecule has 120 valence electrons. The first-order valence-electron chi connectivity index (χ1n) is 6.58. The molecule has 4 amide bonds. The number of benzene rings is 1. The molecule has 7 nitrogen and oxygen atoms in total. The zero-order valence-corrected chi connectivity index (χ0v) is 13.3. The zero-order valence-electron chi connectivity index (χ0n) is 12.5. The number of urea groups is 1. The molecule has 0 radical (unpaired) electrons. The van der Waals surface area contributed by atoms with E-state index in [0.29, 0.717) is 18.8 Å². The van der Waals surface area contributed by atoms with E-state index < -0.39 is 6.03 Å². The normalized spacial score (nSPS) is 9.91. The monoisotopic (exact) mass is 325 g/mol. The fourth-order valence-electron chi connectivity index (χ4n) is 1.46. The number of anilines is 1. The van der Waals surface area contributed by atoms with Crippen LogP contribution in [-0.4, -0.2) is 43.9 Å². The van der Waals surface area contributed by atoms with Crippen LogP contribution in [0.4, 0.5) is 10.5 Å². The van der Waals surface area contributed by atoms with E-state index in [2.05, 4.69) is 16.0 Å². The molecular weight excluding hydrogens is 306 g/mol. The number of hydrogen-bond donors (Lipinski definition) is 3. The van der Waals surface area contributed by atoms with E-state index in [1.807, 2.05) is 0 Å². The molecule has 0 aliphatic rings. The van der Waals surface area contributed by atoms with E-state index in [1.165, 1.54) is 25.8 Å². The average Bonchev–Trinajstić information content (AvgIpc) is 2.46. The maximum Gasteiger partial charge on any atom is 0.321 e. The van der Waals surface area contributed by atoms with Gasteiger partial charge >= 0.3 is 6.03 Å². The maximum absolute atomic E-state index is 11.6. The van der Waals surface area contributed by atoms with Crippen molar-refractivity contribution in [2.75, 3.05) is 31.3 Å². The van der Waals surface area contributed by atoms with Crippen molar-refractivity contribution < 1.29 is 19.1 Å². The summed E-state index contributed by atoms with van der Waals surface area (Å²) in [7, 11) is 1.53. The van der Waals surface area contributed by atoms with Crippen LogP contribution in [-0.2, 0) is 14.3 Å². The van der Waals surface area contributed by atoms with Gasteiger partial charge in [0.1, 0.15) is 0 Å². The Bertz CT molecular complexity index is 519. The van der Waals surface area contributed by atoms with Crippen LogP contribution in [0, 0.1) is 0 Å². The lowest BCUT2D eigenvalue weighted by atomic mass is 10.3. The fraction of sp³-hybridized carbons (Fsp3) is 0.357. The van der Waals surface area contributed by atoms with Gasteiger partial charge in [0.25, 0.3) is 0 Å². The Hall–Kier alpha value is -2.06. The molecule has 1 rings (SSSR count). The number of nitrogens with one attached hydrogen (secondary N) is 3. The highest BCUT2D eigenvalue weighted by Gasteiger charge is 2.07. The molecule has 0 unspecified atom stereocenters. The van der Waals surface area contributed by atoms with Crippen LogP contribution in [0.5, 0.6) is 0 Å². The molecule has 0 bridgehead atoms. The molecule has 1 aromatic rings. The minimum absolute atomic E-state index is 0.122. The average molecular weight is 325 g/mol. The van der Waals surface area contributed by atoms with E-state index in [9.17, 15) is 14.4 Å².